The van der Waals surface area contributed by atoms with E-state index < -0.39 is 20.7 Å². The van der Waals surface area contributed by atoms with E-state index in [1.54, 1.807) is 6.08 Å². The lowest BCUT2D eigenvalue weighted by Gasteiger charge is -2.44. The van der Waals surface area contributed by atoms with Gasteiger partial charge in [0.05, 0.1) is 18.3 Å². The van der Waals surface area contributed by atoms with Crippen LogP contribution in [0.15, 0.2) is 59.8 Å². The van der Waals surface area contributed by atoms with Crippen molar-refractivity contribution in [1.82, 2.24) is 0 Å². The molecule has 0 saturated carbocycles. The van der Waals surface area contributed by atoms with Crippen molar-refractivity contribution in [3.05, 3.63) is 59.8 Å². The van der Waals surface area contributed by atoms with Crippen molar-refractivity contribution in [2.75, 3.05) is 0 Å². The van der Waals surface area contributed by atoms with E-state index in [0.29, 0.717) is 11.8 Å². The summed E-state index contributed by atoms with van der Waals surface area (Å²) in [7, 11) is -1.95. The Morgan fingerprint density at radius 2 is 1.75 bits per heavy atom. The molecule has 0 aromatic carbocycles. The standard InChI is InChI=1S/C35H62O4Si/c1-13-27(5)34(39-40(11,12)35(8,9)10)29(7)33(37)28(6)23-25(3)17-15-18-26(4)24-30(14-2)21-22-31-19-16-20-32(36)38-31/h15-17,20-24,26-29,31-34,36-37H,13-14,18-19H2,1-12H3/b17-15+,22-21+,25-23+,30-24-/t26-,27+,28-,29-,31-,32-,33-,34-/m1/s1. The van der Waals surface area contributed by atoms with Gasteiger partial charge in [-0.3, -0.25) is 0 Å². The quantitative estimate of drug-likeness (QED) is 0.116. The second kappa shape index (κ2) is 17.0. The van der Waals surface area contributed by atoms with Crippen LogP contribution >= 0.6 is 0 Å². The molecule has 1 rings (SSSR count). The summed E-state index contributed by atoms with van der Waals surface area (Å²) in [5, 5.41) is 21.2. The Morgan fingerprint density at radius 1 is 1.10 bits per heavy atom. The fraction of sp³-hybridized carbons (Fsp3) is 0.714. The highest BCUT2D eigenvalue weighted by Crippen LogP contribution is 2.40. The highest BCUT2D eigenvalue weighted by atomic mass is 28.4. The average Bonchev–Trinajstić information content (AvgIpc) is 2.87. The number of aliphatic hydroxyl groups is 2. The third-order valence-corrected chi connectivity index (χ3v) is 13.3. The molecule has 5 heteroatoms. The van der Waals surface area contributed by atoms with Crippen molar-refractivity contribution in [2.45, 2.75) is 138 Å². The largest absolute Gasteiger partial charge is 0.413 e. The zero-order chi connectivity index (χ0) is 30.7. The highest BCUT2D eigenvalue weighted by Gasteiger charge is 2.42. The Kier molecular flexibility index (Phi) is 15.6. The summed E-state index contributed by atoms with van der Waals surface area (Å²) in [6.07, 6.45) is 19.2. The van der Waals surface area contributed by atoms with Crippen molar-refractivity contribution < 1.29 is 19.4 Å². The molecule has 0 aromatic heterocycles. The molecule has 0 aliphatic carbocycles. The van der Waals surface area contributed by atoms with Gasteiger partial charge in [0.25, 0.3) is 0 Å². The Labute approximate surface area is 248 Å². The maximum absolute atomic E-state index is 11.4. The fourth-order valence-corrected chi connectivity index (χ4v) is 6.37. The molecule has 0 spiro atoms. The van der Waals surface area contributed by atoms with E-state index in [4.69, 9.17) is 9.16 Å². The lowest BCUT2D eigenvalue weighted by Crippen LogP contribution is -2.49. The van der Waals surface area contributed by atoms with Gasteiger partial charge in [0.2, 0.25) is 0 Å². The molecule has 1 aliphatic rings. The van der Waals surface area contributed by atoms with Gasteiger partial charge in [-0.1, -0.05) is 122 Å². The van der Waals surface area contributed by atoms with Gasteiger partial charge in [0.1, 0.15) is 0 Å². The normalized spacial score (nSPS) is 24.4. The van der Waals surface area contributed by atoms with Gasteiger partial charge in [-0.25, -0.2) is 0 Å². The molecular weight excluding hydrogens is 512 g/mol. The number of ether oxygens (including phenoxy) is 1. The predicted molar refractivity (Wildman–Crippen MR) is 175 cm³/mol. The van der Waals surface area contributed by atoms with Crippen molar-refractivity contribution in [1.29, 1.82) is 0 Å². The first-order chi connectivity index (χ1) is 18.5. The molecule has 4 nitrogen and oxygen atoms in total. The van der Waals surface area contributed by atoms with Gasteiger partial charge in [0, 0.05) is 11.8 Å². The lowest BCUT2D eigenvalue weighted by atomic mass is 9.83. The second-order valence-corrected chi connectivity index (χ2v) is 18.4. The number of aliphatic hydroxyl groups excluding tert-OH is 2. The van der Waals surface area contributed by atoms with Crippen LogP contribution in [-0.2, 0) is 9.16 Å². The number of rotatable bonds is 15. The topological polar surface area (TPSA) is 58.9 Å². The van der Waals surface area contributed by atoms with Crippen molar-refractivity contribution in [3.8, 4) is 0 Å². The predicted octanol–water partition coefficient (Wildman–Crippen LogP) is 9.14. The summed E-state index contributed by atoms with van der Waals surface area (Å²) < 4.78 is 12.4. The zero-order valence-electron chi connectivity index (χ0n) is 27.8. The maximum atomic E-state index is 11.4. The summed E-state index contributed by atoms with van der Waals surface area (Å²) in [4.78, 5) is 0. The summed E-state index contributed by atoms with van der Waals surface area (Å²) in [6.45, 7) is 26.7. The Morgan fingerprint density at radius 3 is 2.30 bits per heavy atom. The third kappa shape index (κ3) is 12.3. The third-order valence-electron chi connectivity index (χ3n) is 8.87. The van der Waals surface area contributed by atoms with Crippen LogP contribution in [0.25, 0.3) is 0 Å². The Hall–Kier alpha value is -1.24. The molecular formula is C35H62O4Si. The molecule has 0 radical (unpaired) electrons. The summed E-state index contributed by atoms with van der Waals surface area (Å²) in [5.74, 6) is 0.898. The lowest BCUT2D eigenvalue weighted by molar-refractivity contribution is -0.0948. The molecule has 0 unspecified atom stereocenters. The van der Waals surface area contributed by atoms with E-state index in [1.165, 1.54) is 11.1 Å². The Balaban J connectivity index is 2.80. The summed E-state index contributed by atoms with van der Waals surface area (Å²) in [5.41, 5.74) is 2.46. The number of hydrogen-bond donors (Lipinski definition) is 2. The van der Waals surface area contributed by atoms with Gasteiger partial charge >= 0.3 is 0 Å². The molecule has 0 amide bonds. The van der Waals surface area contributed by atoms with E-state index in [0.717, 1.165) is 25.7 Å². The van der Waals surface area contributed by atoms with Crippen LogP contribution in [0.3, 0.4) is 0 Å². The minimum Gasteiger partial charge on any atom is -0.413 e. The van der Waals surface area contributed by atoms with Crippen LogP contribution in [-0.4, -0.2) is 43.1 Å². The second-order valence-electron chi connectivity index (χ2n) is 13.6. The van der Waals surface area contributed by atoms with Crippen LogP contribution < -0.4 is 0 Å². The van der Waals surface area contributed by atoms with Crippen molar-refractivity contribution in [2.24, 2.45) is 23.7 Å². The maximum Gasteiger partial charge on any atom is 0.192 e. The molecule has 0 aromatic rings. The summed E-state index contributed by atoms with van der Waals surface area (Å²) >= 11 is 0. The minimum atomic E-state index is -1.95. The van der Waals surface area contributed by atoms with E-state index in [1.807, 2.05) is 12.2 Å². The van der Waals surface area contributed by atoms with Crippen LogP contribution in [0.4, 0.5) is 0 Å². The van der Waals surface area contributed by atoms with E-state index in [2.05, 4.69) is 113 Å². The van der Waals surface area contributed by atoms with Gasteiger partial charge in [0.15, 0.2) is 14.6 Å². The van der Waals surface area contributed by atoms with Crippen LogP contribution in [0.5, 0.6) is 0 Å². The van der Waals surface area contributed by atoms with Crippen molar-refractivity contribution >= 4 is 8.32 Å². The first-order valence-corrected chi connectivity index (χ1v) is 18.5. The van der Waals surface area contributed by atoms with E-state index in [9.17, 15) is 10.2 Å². The first-order valence-electron chi connectivity index (χ1n) is 15.6. The molecule has 8 atom stereocenters. The summed E-state index contributed by atoms with van der Waals surface area (Å²) in [6, 6.07) is 0. The zero-order valence-corrected chi connectivity index (χ0v) is 28.8. The molecule has 0 fully saturated rings. The smallest absolute Gasteiger partial charge is 0.192 e. The average molecular weight is 575 g/mol. The minimum absolute atomic E-state index is 0.0405. The van der Waals surface area contributed by atoms with Crippen molar-refractivity contribution in [3.63, 3.8) is 0 Å². The van der Waals surface area contributed by atoms with E-state index >= 15 is 0 Å². The molecule has 40 heavy (non-hydrogen) atoms. The van der Waals surface area contributed by atoms with E-state index in [-0.39, 0.29) is 29.1 Å². The highest BCUT2D eigenvalue weighted by molar-refractivity contribution is 6.74. The molecule has 0 saturated heterocycles. The number of hydrogen-bond acceptors (Lipinski definition) is 4. The van der Waals surface area contributed by atoms with Gasteiger partial charge in [-0.15, -0.1) is 0 Å². The number of allylic oxidation sites excluding steroid dienone is 6. The van der Waals surface area contributed by atoms with Crippen LogP contribution in [0.1, 0.15) is 94.9 Å². The molecule has 1 heterocycles. The van der Waals surface area contributed by atoms with Gasteiger partial charge < -0.3 is 19.4 Å². The fourth-order valence-electron chi connectivity index (χ4n) is 4.89. The molecule has 0 bridgehead atoms. The van der Waals surface area contributed by atoms with Gasteiger partial charge in [-0.05, 0) is 62.2 Å². The first kappa shape index (κ1) is 36.8. The monoisotopic (exact) mass is 574 g/mol. The van der Waals surface area contributed by atoms with Crippen LogP contribution in [0.2, 0.25) is 18.1 Å². The Bertz CT molecular complexity index is 892. The van der Waals surface area contributed by atoms with Gasteiger partial charge in [-0.2, -0.15) is 0 Å². The SMILES string of the molecule is CCC(=C/[C@H](C)C/C=C/C(C)=C/[C@@H](C)[C@@H](O)[C@@H](C)[C@H](O[Si](C)(C)C(C)(C)C)[C@@H](C)CC)/C=C/[C@H]1CC=C[C@H](O)O1. The molecule has 2 N–H and O–H groups in total. The molecule has 1 aliphatic heterocycles. The molecule has 230 valence electrons. The van der Waals surface area contributed by atoms with Crippen LogP contribution in [0, 0.1) is 23.7 Å².